The molecule has 226 valence electrons. The minimum atomic E-state index is -3.67. The number of anilines is 2. The molecular weight excluding hydrogens is 630 g/mol. The van der Waals surface area contributed by atoms with E-state index in [1.807, 2.05) is 47.2 Å². The molecule has 3 aromatic rings. The monoisotopic (exact) mass is 665 g/mol. The Bertz CT molecular complexity index is 1760. The number of carbonyl (C=O) groups excluding carboxylic acids is 1. The summed E-state index contributed by atoms with van der Waals surface area (Å²) in [6.45, 7) is 10.2. The standard InChI is InChI=1S/C31H35N7O3S.BrH/c1-5-35-26-15-13-24(21-32)19-28(26)37(7-3)30(35)11-10-12-31-36(6-2)27-16-14-25(22-33)20-29(27)38(31)17-8-9-18-42(40,41)34-23(4)39;/h10-16,19-20H,5-9,17-18H2,1-4H3;1H. The molecule has 0 saturated carbocycles. The van der Waals surface area contributed by atoms with Crippen LogP contribution in [0.25, 0.3) is 17.1 Å². The van der Waals surface area contributed by atoms with E-state index < -0.39 is 15.9 Å². The maximum absolute atomic E-state index is 12.1. The predicted octanol–water partition coefficient (Wildman–Crippen LogP) is 1.16. The second-order valence-electron chi connectivity index (χ2n) is 9.94. The molecule has 2 aromatic carbocycles. The lowest BCUT2D eigenvalue weighted by molar-refractivity contribution is -0.670. The molecule has 2 heterocycles. The molecule has 10 nitrogen and oxygen atoms in total. The minimum absolute atomic E-state index is 0. The van der Waals surface area contributed by atoms with Crippen molar-refractivity contribution in [3.63, 3.8) is 0 Å². The van der Waals surface area contributed by atoms with Gasteiger partial charge in [0.05, 0.1) is 53.5 Å². The van der Waals surface area contributed by atoms with Gasteiger partial charge in [0.15, 0.2) is 11.0 Å². The molecule has 0 atom stereocenters. The third-order valence-corrected chi connectivity index (χ3v) is 8.69. The third kappa shape index (κ3) is 7.10. The summed E-state index contributed by atoms with van der Waals surface area (Å²) in [7, 11) is -3.67. The van der Waals surface area contributed by atoms with Gasteiger partial charge in [0, 0.05) is 32.2 Å². The number of hydrogen-bond acceptors (Lipinski definition) is 7. The predicted molar refractivity (Wildman–Crippen MR) is 164 cm³/mol. The van der Waals surface area contributed by atoms with Crippen LogP contribution in [0, 0.1) is 22.7 Å². The first kappa shape index (κ1) is 33.4. The largest absolute Gasteiger partial charge is 1.00 e. The molecule has 43 heavy (non-hydrogen) atoms. The normalized spacial score (nSPS) is 13.7. The number of halogens is 1. The van der Waals surface area contributed by atoms with Gasteiger partial charge in [-0.05, 0) is 70.0 Å². The second-order valence-corrected chi connectivity index (χ2v) is 11.8. The number of nitriles is 2. The Hall–Kier alpha value is -4.13. The average molecular weight is 667 g/mol. The van der Waals surface area contributed by atoms with Gasteiger partial charge in [0.25, 0.3) is 5.82 Å². The molecule has 0 radical (unpaired) electrons. The molecule has 1 N–H and O–H groups in total. The number of amides is 1. The Morgan fingerprint density at radius 2 is 1.63 bits per heavy atom. The summed E-state index contributed by atoms with van der Waals surface area (Å²) in [5.74, 6) is 1.20. The van der Waals surface area contributed by atoms with Gasteiger partial charge in [-0.15, -0.1) is 0 Å². The maximum Gasteiger partial charge on any atom is 0.282 e. The van der Waals surface area contributed by atoms with Crippen LogP contribution in [-0.4, -0.2) is 37.7 Å². The van der Waals surface area contributed by atoms with E-state index in [-0.39, 0.29) is 22.7 Å². The van der Waals surface area contributed by atoms with Gasteiger partial charge in [-0.3, -0.25) is 9.52 Å². The molecule has 0 aliphatic carbocycles. The van der Waals surface area contributed by atoms with Crippen molar-refractivity contribution < 1.29 is 34.8 Å². The first-order valence-electron chi connectivity index (χ1n) is 14.1. The summed E-state index contributed by atoms with van der Waals surface area (Å²) in [5, 5.41) is 19.0. The summed E-state index contributed by atoms with van der Waals surface area (Å²) in [4.78, 5) is 15.6. The number of unbranched alkanes of at least 4 members (excludes halogenated alkanes) is 1. The molecule has 0 spiro atoms. The van der Waals surface area contributed by atoms with E-state index >= 15 is 0 Å². The Balaban J connectivity index is 0.00000506. The van der Waals surface area contributed by atoms with Crippen LogP contribution in [0.1, 0.15) is 57.5 Å². The zero-order chi connectivity index (χ0) is 30.4. The number of allylic oxidation sites excluding steroid dienone is 2. The van der Waals surface area contributed by atoms with Crippen LogP contribution in [-0.2, 0) is 27.9 Å². The first-order chi connectivity index (χ1) is 20.2. The van der Waals surface area contributed by atoms with E-state index in [4.69, 9.17) is 0 Å². The number of imidazole rings is 1. The Labute approximate surface area is 263 Å². The summed E-state index contributed by atoms with van der Waals surface area (Å²) in [6, 6.07) is 15.8. The molecule has 1 amide bonds. The molecule has 1 aromatic heterocycles. The van der Waals surface area contributed by atoms with E-state index in [1.165, 1.54) is 6.92 Å². The smallest absolute Gasteiger partial charge is 0.282 e. The number of hydrogen-bond donors (Lipinski definition) is 1. The van der Waals surface area contributed by atoms with Crippen LogP contribution >= 0.6 is 0 Å². The highest BCUT2D eigenvalue weighted by atomic mass is 79.9. The van der Waals surface area contributed by atoms with Gasteiger partial charge in [-0.2, -0.15) is 10.5 Å². The zero-order valence-corrected chi connectivity index (χ0v) is 27.2. The molecule has 4 rings (SSSR count). The van der Waals surface area contributed by atoms with Gasteiger partial charge in [-0.1, -0.05) is 6.08 Å². The van der Waals surface area contributed by atoms with Crippen molar-refractivity contribution in [3.05, 3.63) is 71.3 Å². The molecule has 1 aliphatic heterocycles. The van der Waals surface area contributed by atoms with Gasteiger partial charge in [0.1, 0.15) is 5.82 Å². The highest BCUT2D eigenvalue weighted by molar-refractivity contribution is 7.90. The Morgan fingerprint density at radius 1 is 0.977 bits per heavy atom. The molecule has 0 fully saturated rings. The summed E-state index contributed by atoms with van der Waals surface area (Å²) in [6.07, 6.45) is 7.07. The maximum atomic E-state index is 12.1. The van der Waals surface area contributed by atoms with E-state index in [9.17, 15) is 23.7 Å². The Morgan fingerprint density at radius 3 is 2.26 bits per heavy atom. The Kier molecular flexibility index (Phi) is 11.1. The number of aromatic nitrogens is 2. The van der Waals surface area contributed by atoms with Crippen LogP contribution in [0.5, 0.6) is 0 Å². The lowest BCUT2D eigenvalue weighted by atomic mass is 10.2. The van der Waals surface area contributed by atoms with E-state index in [0.29, 0.717) is 37.1 Å². The van der Waals surface area contributed by atoms with Crippen LogP contribution in [0.4, 0.5) is 11.4 Å². The first-order valence-corrected chi connectivity index (χ1v) is 15.8. The SMILES string of the molecule is CCN1/C(=C/C=C/c2n(CCCCS(=O)(=O)NC(C)=O)c3cc(C#N)ccc3[n+]2CC)N(CC)c2cc(C#N)ccc21.[Br-]. The average Bonchev–Trinajstić information content (AvgIpc) is 3.44. The summed E-state index contributed by atoms with van der Waals surface area (Å²) < 4.78 is 30.6. The van der Waals surface area contributed by atoms with Crippen molar-refractivity contribution in [2.75, 3.05) is 28.6 Å². The number of rotatable bonds is 11. The number of benzene rings is 2. The number of nitrogens with one attached hydrogen (secondary N) is 1. The van der Waals surface area contributed by atoms with Crippen molar-refractivity contribution in [3.8, 4) is 12.1 Å². The van der Waals surface area contributed by atoms with Crippen molar-refractivity contribution in [2.24, 2.45) is 0 Å². The fourth-order valence-electron chi connectivity index (χ4n) is 5.50. The van der Waals surface area contributed by atoms with Crippen LogP contribution in [0.2, 0.25) is 0 Å². The number of fused-ring (bicyclic) bond motifs is 2. The van der Waals surface area contributed by atoms with Gasteiger partial charge in [0.2, 0.25) is 15.9 Å². The number of carbonyl (C=O) groups is 1. The number of aryl methyl sites for hydroxylation is 2. The van der Waals surface area contributed by atoms with Crippen molar-refractivity contribution >= 4 is 44.4 Å². The molecule has 0 unspecified atom stereocenters. The summed E-state index contributed by atoms with van der Waals surface area (Å²) in [5.41, 5.74) is 5.12. The number of sulfonamides is 1. The van der Waals surface area contributed by atoms with Crippen LogP contribution in [0.15, 0.2) is 54.4 Å². The van der Waals surface area contributed by atoms with E-state index in [0.717, 1.165) is 47.1 Å². The van der Waals surface area contributed by atoms with Crippen LogP contribution < -0.4 is 36.1 Å². The lowest BCUT2D eigenvalue weighted by Crippen LogP contribution is -3.00. The topological polar surface area (TPSA) is 126 Å². The fraction of sp³-hybridized carbons (Fsp3) is 0.355. The quantitative estimate of drug-likeness (QED) is 0.241. The van der Waals surface area contributed by atoms with Gasteiger partial charge in [-0.25, -0.2) is 17.6 Å². The highest BCUT2D eigenvalue weighted by Gasteiger charge is 2.29. The molecule has 12 heteroatoms. The lowest BCUT2D eigenvalue weighted by Gasteiger charge is -2.23. The van der Waals surface area contributed by atoms with Crippen molar-refractivity contribution in [2.45, 2.75) is 53.6 Å². The van der Waals surface area contributed by atoms with Crippen molar-refractivity contribution in [1.82, 2.24) is 9.29 Å². The zero-order valence-electron chi connectivity index (χ0n) is 24.8. The molecule has 0 saturated heterocycles. The van der Waals surface area contributed by atoms with E-state index in [1.54, 1.807) is 6.07 Å². The van der Waals surface area contributed by atoms with E-state index in [2.05, 4.69) is 57.9 Å². The third-order valence-electron chi connectivity index (χ3n) is 7.26. The van der Waals surface area contributed by atoms with Gasteiger partial charge >= 0.3 is 0 Å². The van der Waals surface area contributed by atoms with Gasteiger partial charge < -0.3 is 26.8 Å². The highest BCUT2D eigenvalue weighted by Crippen LogP contribution is 2.41. The number of nitrogens with zero attached hydrogens (tertiary/aromatic N) is 6. The fourth-order valence-corrected chi connectivity index (χ4v) is 6.63. The molecule has 0 bridgehead atoms. The molecular formula is C31H36BrN7O3S. The minimum Gasteiger partial charge on any atom is -1.00 e. The van der Waals surface area contributed by atoms with Crippen molar-refractivity contribution in [1.29, 1.82) is 10.5 Å². The second kappa shape index (κ2) is 14.4. The summed E-state index contributed by atoms with van der Waals surface area (Å²) >= 11 is 0. The molecule has 1 aliphatic rings. The van der Waals surface area contributed by atoms with Crippen LogP contribution in [0.3, 0.4) is 0 Å².